The molecule has 0 aliphatic rings. The van der Waals surface area contributed by atoms with Crippen LogP contribution in [-0.4, -0.2) is 8.32 Å². The highest BCUT2D eigenvalue weighted by molar-refractivity contribution is 6.73. The highest BCUT2D eigenvalue weighted by atomic mass is 28.4. The molecule has 0 saturated heterocycles. The molecule has 0 bridgehead atoms. The number of unbranched alkanes of at least 4 members (excludes halogenated alkanes) is 6. The van der Waals surface area contributed by atoms with E-state index < -0.39 is 8.32 Å². The number of hydrogen-bond acceptors (Lipinski definition) is 1. The molecule has 0 aromatic carbocycles. The monoisotopic (exact) mass is 284 g/mol. The first-order valence-corrected chi connectivity index (χ1v) is 11.0. The Hall–Kier alpha value is -0.243. The van der Waals surface area contributed by atoms with Gasteiger partial charge in [0.1, 0.15) is 0 Å². The predicted molar refractivity (Wildman–Crippen MR) is 90.0 cm³/mol. The summed E-state index contributed by atoms with van der Waals surface area (Å²) in [4.78, 5) is 0. The van der Waals surface area contributed by atoms with Gasteiger partial charge in [-0.15, -0.1) is 0 Å². The van der Waals surface area contributed by atoms with E-state index in [-0.39, 0.29) is 0 Å². The van der Waals surface area contributed by atoms with Crippen molar-refractivity contribution in [2.75, 3.05) is 0 Å². The quantitative estimate of drug-likeness (QED) is 0.221. The van der Waals surface area contributed by atoms with Gasteiger partial charge in [-0.3, -0.25) is 0 Å². The molecule has 114 valence electrons. The third-order valence-electron chi connectivity index (χ3n) is 4.30. The highest BCUT2D eigenvalue weighted by Crippen LogP contribution is 2.24. The van der Waals surface area contributed by atoms with Gasteiger partial charge in [-0.05, 0) is 44.0 Å². The summed E-state index contributed by atoms with van der Waals surface area (Å²) in [5.74, 6) is 1.19. The lowest BCUT2D eigenvalue weighted by atomic mass is 10.1. The van der Waals surface area contributed by atoms with Crippen molar-refractivity contribution in [3.63, 3.8) is 0 Å². The third kappa shape index (κ3) is 8.51. The summed E-state index contributed by atoms with van der Waals surface area (Å²) in [6.07, 6.45) is 11.8. The molecule has 0 rings (SSSR count). The topological polar surface area (TPSA) is 9.23 Å². The molecular weight excluding hydrogens is 248 g/mol. The minimum atomic E-state index is -1.43. The second-order valence-corrected chi connectivity index (χ2v) is 10.4. The first-order valence-electron chi connectivity index (χ1n) is 8.49. The maximum Gasteiger partial charge on any atom is 0.250 e. The summed E-state index contributed by atoms with van der Waals surface area (Å²) in [5.41, 5.74) is 0. The van der Waals surface area contributed by atoms with E-state index in [1.807, 2.05) is 0 Å². The van der Waals surface area contributed by atoms with Crippen molar-refractivity contribution in [1.82, 2.24) is 0 Å². The Labute approximate surface area is 123 Å². The summed E-state index contributed by atoms with van der Waals surface area (Å²) in [6.45, 7) is 11.3. The fourth-order valence-electron chi connectivity index (χ4n) is 2.58. The van der Waals surface area contributed by atoms with Crippen molar-refractivity contribution in [1.29, 1.82) is 0 Å². The zero-order chi connectivity index (χ0) is 14.6. The second kappa shape index (κ2) is 11.6. The molecule has 0 amide bonds. The van der Waals surface area contributed by atoms with Crippen LogP contribution >= 0.6 is 0 Å². The molecule has 0 aliphatic carbocycles. The molecular formula is C17H36OSi. The second-order valence-electron chi connectivity index (χ2n) is 5.72. The zero-order valence-corrected chi connectivity index (χ0v) is 15.1. The molecule has 1 nitrogen and oxygen atoms in total. The smallest absolute Gasteiger partial charge is 0.250 e. The van der Waals surface area contributed by atoms with Gasteiger partial charge in [0.05, 0.1) is 5.76 Å². The molecule has 0 saturated carbocycles. The average molecular weight is 285 g/mol. The van der Waals surface area contributed by atoms with Crippen molar-refractivity contribution in [2.24, 2.45) is 0 Å². The Morgan fingerprint density at radius 2 is 1.37 bits per heavy atom. The lowest BCUT2D eigenvalue weighted by Gasteiger charge is -2.29. The van der Waals surface area contributed by atoms with Crippen molar-refractivity contribution >= 4 is 8.32 Å². The van der Waals surface area contributed by atoms with Crippen LogP contribution in [0.4, 0.5) is 0 Å². The van der Waals surface area contributed by atoms with Gasteiger partial charge in [-0.2, -0.15) is 0 Å². The van der Waals surface area contributed by atoms with Crippen LogP contribution in [-0.2, 0) is 4.43 Å². The van der Waals surface area contributed by atoms with Gasteiger partial charge < -0.3 is 4.43 Å². The van der Waals surface area contributed by atoms with Crippen LogP contribution in [0.2, 0.25) is 18.1 Å². The molecule has 0 atom stereocenters. The molecule has 19 heavy (non-hydrogen) atoms. The molecule has 0 N–H and O–H groups in total. The van der Waals surface area contributed by atoms with E-state index in [2.05, 4.69) is 40.7 Å². The van der Waals surface area contributed by atoms with E-state index in [1.54, 1.807) is 0 Å². The largest absolute Gasteiger partial charge is 0.547 e. The zero-order valence-electron chi connectivity index (χ0n) is 14.1. The molecule has 0 radical (unpaired) electrons. The summed E-state index contributed by atoms with van der Waals surface area (Å²) < 4.78 is 6.33. The maximum atomic E-state index is 6.33. The molecule has 0 spiro atoms. The molecule has 2 heteroatoms. The Morgan fingerprint density at radius 1 is 0.842 bits per heavy atom. The third-order valence-corrected chi connectivity index (χ3v) is 8.92. The van der Waals surface area contributed by atoms with Gasteiger partial charge in [0, 0.05) is 0 Å². The van der Waals surface area contributed by atoms with Gasteiger partial charge in [-0.1, -0.05) is 59.8 Å². The van der Waals surface area contributed by atoms with Crippen LogP contribution < -0.4 is 0 Å². The van der Waals surface area contributed by atoms with Gasteiger partial charge in [0.25, 0.3) is 0 Å². The Morgan fingerprint density at radius 3 is 1.89 bits per heavy atom. The number of hydrogen-bond donors (Lipinski definition) is 0. The standard InChI is InChI=1S/C17H36OSi/c1-6-10-11-12-13-14-15-16-17(5)18-19(7-2,8-3)9-4/h16H,6-15H2,1-5H3. The van der Waals surface area contributed by atoms with Crippen LogP contribution in [0.25, 0.3) is 0 Å². The lowest BCUT2D eigenvalue weighted by Crippen LogP contribution is -2.34. The Balaban J connectivity index is 3.87. The van der Waals surface area contributed by atoms with E-state index in [0.717, 1.165) is 0 Å². The summed E-state index contributed by atoms with van der Waals surface area (Å²) >= 11 is 0. The van der Waals surface area contributed by atoms with E-state index in [9.17, 15) is 0 Å². The first-order chi connectivity index (χ1) is 9.14. The molecule has 0 heterocycles. The maximum absolute atomic E-state index is 6.33. The molecule has 0 fully saturated rings. The first kappa shape index (κ1) is 18.8. The van der Waals surface area contributed by atoms with Crippen LogP contribution in [0.1, 0.15) is 79.6 Å². The van der Waals surface area contributed by atoms with Crippen LogP contribution in [0.3, 0.4) is 0 Å². The minimum absolute atomic E-state index is 1.19. The number of rotatable bonds is 12. The minimum Gasteiger partial charge on any atom is -0.547 e. The molecule has 0 aliphatic heterocycles. The van der Waals surface area contributed by atoms with Crippen molar-refractivity contribution in [3.8, 4) is 0 Å². The average Bonchev–Trinajstić information content (AvgIpc) is 2.44. The fraction of sp³-hybridized carbons (Fsp3) is 0.882. The SMILES string of the molecule is CCCCCCCCC=C(C)O[Si](CC)(CC)CC. The predicted octanol–water partition coefficient (Wildman–Crippen LogP) is 6.66. The van der Waals surface area contributed by atoms with Crippen molar-refractivity contribution < 1.29 is 4.43 Å². The lowest BCUT2D eigenvalue weighted by molar-refractivity contribution is 0.403. The van der Waals surface area contributed by atoms with Gasteiger partial charge >= 0.3 is 0 Å². The molecule has 0 aromatic rings. The summed E-state index contributed by atoms with van der Waals surface area (Å²) in [5, 5.41) is 0. The van der Waals surface area contributed by atoms with E-state index >= 15 is 0 Å². The molecule has 0 aromatic heterocycles. The van der Waals surface area contributed by atoms with Crippen LogP contribution in [0.15, 0.2) is 11.8 Å². The van der Waals surface area contributed by atoms with E-state index in [1.165, 1.54) is 68.8 Å². The fourth-order valence-corrected chi connectivity index (χ4v) is 5.28. The molecule has 0 unspecified atom stereocenters. The van der Waals surface area contributed by atoms with E-state index in [4.69, 9.17) is 4.43 Å². The van der Waals surface area contributed by atoms with Crippen LogP contribution in [0, 0.1) is 0 Å². The van der Waals surface area contributed by atoms with E-state index in [0.29, 0.717) is 0 Å². The summed E-state index contributed by atoms with van der Waals surface area (Å²) in [6, 6.07) is 3.71. The van der Waals surface area contributed by atoms with Crippen molar-refractivity contribution in [3.05, 3.63) is 11.8 Å². The van der Waals surface area contributed by atoms with Crippen LogP contribution in [0.5, 0.6) is 0 Å². The Kier molecular flexibility index (Phi) is 11.4. The normalized spacial score (nSPS) is 12.8. The Bertz CT molecular complexity index is 223. The number of allylic oxidation sites excluding steroid dienone is 2. The van der Waals surface area contributed by atoms with Gasteiger partial charge in [-0.25, -0.2) is 0 Å². The van der Waals surface area contributed by atoms with Crippen molar-refractivity contribution in [2.45, 2.75) is 97.7 Å². The summed E-state index contributed by atoms with van der Waals surface area (Å²) in [7, 11) is -1.43. The highest BCUT2D eigenvalue weighted by Gasteiger charge is 2.30. The van der Waals surface area contributed by atoms with Gasteiger partial charge in [0.15, 0.2) is 0 Å². The van der Waals surface area contributed by atoms with Gasteiger partial charge in [0.2, 0.25) is 8.32 Å².